The van der Waals surface area contributed by atoms with Crippen LogP contribution < -0.4 is 0 Å². The summed E-state index contributed by atoms with van der Waals surface area (Å²) in [6.45, 7) is 22.0. The van der Waals surface area contributed by atoms with Crippen molar-refractivity contribution >= 4 is 22.3 Å². The highest BCUT2D eigenvalue weighted by Gasteiger charge is 2.71. The van der Waals surface area contributed by atoms with Crippen LogP contribution >= 0.6 is 0 Å². The molecule has 7 heteroatoms. The molecule has 2 heterocycles. The Morgan fingerprint density at radius 3 is 1.96 bits per heavy atom. The van der Waals surface area contributed by atoms with Crippen LogP contribution in [0.4, 0.5) is 4.79 Å². The van der Waals surface area contributed by atoms with Crippen molar-refractivity contribution in [3.63, 3.8) is 0 Å². The topological polar surface area (TPSA) is 60.6 Å². The number of hydrogen-bond acceptors (Lipinski definition) is 5. The Morgan fingerprint density at radius 2 is 1.56 bits per heavy atom. The third-order valence-electron chi connectivity index (χ3n) is 5.75. The maximum Gasteiger partial charge on any atom is 0.508 e. The van der Waals surface area contributed by atoms with Crippen LogP contribution in [0.1, 0.15) is 34.1 Å². The molecule has 4 atom stereocenters. The summed E-state index contributed by atoms with van der Waals surface area (Å²) in [6.07, 6.45) is 0.507. The molecule has 2 fully saturated rings. The molecule has 2 aliphatic rings. The van der Waals surface area contributed by atoms with Crippen LogP contribution in [-0.4, -0.2) is 57.2 Å². The third kappa shape index (κ3) is 4.31. The summed E-state index contributed by atoms with van der Waals surface area (Å²) < 4.78 is 22.9. The summed E-state index contributed by atoms with van der Waals surface area (Å²) in [5.41, 5.74) is -0.543. The van der Waals surface area contributed by atoms with E-state index in [4.69, 9.17) is 18.9 Å². The first-order chi connectivity index (χ1) is 11.0. The molecule has 0 aliphatic carbocycles. The molecule has 2 aliphatic heterocycles. The summed E-state index contributed by atoms with van der Waals surface area (Å²) in [7, 11) is -3.01. The van der Waals surface area contributed by atoms with Gasteiger partial charge in [-0.15, -0.1) is 0 Å². The molecule has 5 nitrogen and oxygen atoms in total. The Balaban J connectivity index is 1.96. The molecule has 146 valence electrons. The maximum atomic E-state index is 11.8. The van der Waals surface area contributed by atoms with Gasteiger partial charge in [0.25, 0.3) is 0 Å². The van der Waals surface area contributed by atoms with Gasteiger partial charge in [-0.1, -0.05) is 39.3 Å². The molecule has 0 bridgehead atoms. The smallest absolute Gasteiger partial charge is 0.431 e. The average molecular weight is 389 g/mol. The van der Waals surface area contributed by atoms with E-state index >= 15 is 0 Å². The number of carbonyl (C=O) groups excluding carboxylic acids is 1. The summed E-state index contributed by atoms with van der Waals surface area (Å²) in [6, 6.07) is 0. The fraction of sp³-hybridized carbons (Fsp3) is 0.944. The summed E-state index contributed by atoms with van der Waals surface area (Å²) in [5.74, 6) is 0. The van der Waals surface area contributed by atoms with Gasteiger partial charge in [0, 0.05) is 6.42 Å². The van der Waals surface area contributed by atoms with Crippen LogP contribution in [0.3, 0.4) is 0 Å². The molecule has 0 aromatic rings. The Kier molecular flexibility index (Phi) is 5.08. The molecule has 0 spiro atoms. The molecule has 0 amide bonds. The van der Waals surface area contributed by atoms with Crippen molar-refractivity contribution in [2.24, 2.45) is 0 Å². The van der Waals surface area contributed by atoms with Gasteiger partial charge in [-0.05, 0) is 27.7 Å². The van der Waals surface area contributed by atoms with E-state index in [1.54, 1.807) is 0 Å². The molecular formula is C18H36O5Si2. The molecule has 0 aromatic carbocycles. The average Bonchev–Trinajstić information content (AvgIpc) is 3.21. The quantitative estimate of drug-likeness (QED) is 0.384. The SMILES string of the molecule is CC(C)(C)OC(=O)OC[C@H]1O[C@@]1(C[C@H]1O[C@@]1(C)[Si](C)(C)C)[Si](C)(C)C. The van der Waals surface area contributed by atoms with Crippen molar-refractivity contribution in [2.45, 2.75) is 102 Å². The van der Waals surface area contributed by atoms with Crippen molar-refractivity contribution in [3.8, 4) is 0 Å². The predicted octanol–water partition coefficient (Wildman–Crippen LogP) is 4.38. The zero-order valence-electron chi connectivity index (χ0n) is 17.6. The van der Waals surface area contributed by atoms with Gasteiger partial charge in [0.15, 0.2) is 0 Å². The van der Waals surface area contributed by atoms with Gasteiger partial charge < -0.3 is 18.9 Å². The highest BCUT2D eigenvalue weighted by molar-refractivity contribution is 6.80. The van der Waals surface area contributed by atoms with Crippen molar-refractivity contribution in [1.29, 1.82) is 0 Å². The Bertz CT molecular complexity index is 531. The standard InChI is InChI=1S/C18H36O5Si2/c1-16(2,3)23-15(19)20-12-14-18(22-14,25(8,9)10)11-13-17(4,21-13)24(5,6)7/h13-14H,11-12H2,1-10H3/t13-,14-,17+,18+/m1/s1. The summed E-state index contributed by atoms with van der Waals surface area (Å²) in [4.78, 5) is 11.8. The van der Waals surface area contributed by atoms with E-state index < -0.39 is 27.9 Å². The lowest BCUT2D eigenvalue weighted by molar-refractivity contribution is -0.00948. The van der Waals surface area contributed by atoms with Crippen LogP contribution in [0, 0.1) is 0 Å². The molecule has 2 saturated heterocycles. The largest absolute Gasteiger partial charge is 0.508 e. The van der Waals surface area contributed by atoms with Crippen LogP contribution in [0.2, 0.25) is 39.3 Å². The van der Waals surface area contributed by atoms with Gasteiger partial charge in [0.05, 0.1) is 32.7 Å². The Labute approximate surface area is 154 Å². The van der Waals surface area contributed by atoms with E-state index in [2.05, 4.69) is 46.2 Å². The number of epoxide rings is 2. The molecule has 0 unspecified atom stereocenters. The minimum Gasteiger partial charge on any atom is -0.431 e. The van der Waals surface area contributed by atoms with Crippen molar-refractivity contribution < 1.29 is 23.7 Å². The van der Waals surface area contributed by atoms with E-state index in [9.17, 15) is 4.79 Å². The third-order valence-corrected chi connectivity index (χ3v) is 12.4. The molecule has 2 rings (SSSR count). The Morgan fingerprint density at radius 1 is 1.00 bits per heavy atom. The minimum atomic E-state index is -1.62. The maximum absolute atomic E-state index is 11.8. The number of carbonyl (C=O) groups is 1. The van der Waals surface area contributed by atoms with Crippen molar-refractivity contribution in [3.05, 3.63) is 0 Å². The summed E-state index contributed by atoms with van der Waals surface area (Å²) in [5, 5.41) is -0.140. The molecule has 0 saturated carbocycles. The van der Waals surface area contributed by atoms with Crippen LogP contribution in [0.5, 0.6) is 0 Å². The van der Waals surface area contributed by atoms with Crippen LogP contribution in [-0.2, 0) is 18.9 Å². The van der Waals surface area contributed by atoms with E-state index in [1.165, 1.54) is 0 Å². The number of hydrogen-bond donors (Lipinski definition) is 0. The second kappa shape index (κ2) is 6.07. The molecule has 0 radical (unpaired) electrons. The minimum absolute atomic E-state index is 0.0299. The van der Waals surface area contributed by atoms with E-state index in [0.717, 1.165) is 6.42 Å². The van der Waals surface area contributed by atoms with Gasteiger partial charge in [0.1, 0.15) is 18.3 Å². The normalized spacial score (nSPS) is 35.3. The fourth-order valence-electron chi connectivity index (χ4n) is 3.39. The highest BCUT2D eigenvalue weighted by atomic mass is 28.3. The predicted molar refractivity (Wildman–Crippen MR) is 104 cm³/mol. The van der Waals surface area contributed by atoms with Gasteiger partial charge in [-0.2, -0.15) is 0 Å². The van der Waals surface area contributed by atoms with Crippen molar-refractivity contribution in [2.75, 3.05) is 6.61 Å². The monoisotopic (exact) mass is 388 g/mol. The van der Waals surface area contributed by atoms with Crippen LogP contribution in [0.25, 0.3) is 0 Å². The first-order valence-corrected chi connectivity index (χ1v) is 16.2. The lowest BCUT2D eigenvalue weighted by Crippen LogP contribution is -2.48. The lowest BCUT2D eigenvalue weighted by Gasteiger charge is -2.28. The first kappa shape index (κ1) is 20.9. The van der Waals surface area contributed by atoms with Gasteiger partial charge in [0.2, 0.25) is 0 Å². The fourth-order valence-corrected chi connectivity index (χ4v) is 7.30. The van der Waals surface area contributed by atoms with E-state index in [-0.39, 0.29) is 29.3 Å². The van der Waals surface area contributed by atoms with Gasteiger partial charge >= 0.3 is 6.16 Å². The molecule has 25 heavy (non-hydrogen) atoms. The zero-order chi connectivity index (χ0) is 19.5. The summed E-state index contributed by atoms with van der Waals surface area (Å²) >= 11 is 0. The molecule has 0 aromatic heterocycles. The molecular weight excluding hydrogens is 352 g/mol. The van der Waals surface area contributed by atoms with E-state index in [1.807, 2.05) is 20.8 Å². The number of rotatable bonds is 6. The first-order valence-electron chi connectivity index (χ1n) is 9.23. The van der Waals surface area contributed by atoms with Crippen LogP contribution in [0.15, 0.2) is 0 Å². The second-order valence-corrected chi connectivity index (χ2v) is 21.5. The van der Waals surface area contributed by atoms with Gasteiger partial charge in [-0.25, -0.2) is 4.79 Å². The van der Waals surface area contributed by atoms with Crippen molar-refractivity contribution in [1.82, 2.24) is 0 Å². The number of ether oxygens (including phenoxy) is 4. The lowest BCUT2D eigenvalue weighted by atomic mass is 10.1. The van der Waals surface area contributed by atoms with Gasteiger partial charge in [-0.3, -0.25) is 0 Å². The highest BCUT2D eigenvalue weighted by Crippen LogP contribution is 2.55. The van der Waals surface area contributed by atoms with E-state index in [0.29, 0.717) is 0 Å². The Hall–Kier alpha value is -0.376. The molecule has 0 N–H and O–H groups in total. The second-order valence-electron chi connectivity index (χ2n) is 10.7. The zero-order valence-corrected chi connectivity index (χ0v) is 19.6.